The fourth-order valence-electron chi connectivity index (χ4n) is 2.48. The van der Waals surface area contributed by atoms with Crippen molar-refractivity contribution in [1.82, 2.24) is 5.43 Å². The van der Waals surface area contributed by atoms with Gasteiger partial charge in [0.25, 0.3) is 5.91 Å². The number of hydrazone groups is 1. The van der Waals surface area contributed by atoms with Crippen molar-refractivity contribution in [2.45, 2.75) is 6.61 Å². The van der Waals surface area contributed by atoms with Crippen LogP contribution in [0.25, 0.3) is 0 Å². The molecule has 148 valence electrons. The van der Waals surface area contributed by atoms with Gasteiger partial charge in [-0.25, -0.2) is 9.82 Å². The molecule has 4 N–H and O–H groups in total. The molecule has 0 radical (unpaired) electrons. The monoisotopic (exact) mass is 396 g/mol. The van der Waals surface area contributed by atoms with Gasteiger partial charge in [0.15, 0.2) is 11.5 Å². The number of nitrogens with one attached hydrogen (secondary N) is 1. The summed E-state index contributed by atoms with van der Waals surface area (Å²) in [5.74, 6) is -3.06. The third kappa shape index (κ3) is 4.81. The molecule has 3 aromatic carbocycles. The van der Waals surface area contributed by atoms with E-state index in [1.165, 1.54) is 18.2 Å². The molecule has 0 aliphatic carbocycles. The fourth-order valence-corrected chi connectivity index (χ4v) is 2.48. The molecular weight excluding hydrogens is 379 g/mol. The van der Waals surface area contributed by atoms with Gasteiger partial charge in [-0.05, 0) is 35.9 Å². The van der Waals surface area contributed by atoms with Crippen molar-refractivity contribution in [1.29, 1.82) is 0 Å². The first-order valence-corrected chi connectivity index (χ1v) is 8.49. The molecule has 0 spiro atoms. The number of hydrogen-bond acceptors (Lipinski definition) is 6. The molecule has 0 fully saturated rings. The highest BCUT2D eigenvalue weighted by Gasteiger charge is 2.18. The number of hydrogen-bond donors (Lipinski definition) is 4. The van der Waals surface area contributed by atoms with Gasteiger partial charge in [0, 0.05) is 11.1 Å². The second-order valence-corrected chi connectivity index (χ2v) is 6.00. The molecule has 3 aromatic rings. The third-order valence-corrected chi connectivity index (χ3v) is 3.92. The summed E-state index contributed by atoms with van der Waals surface area (Å²) in [6.45, 7) is -0.140. The van der Waals surface area contributed by atoms with Gasteiger partial charge in [0.1, 0.15) is 12.4 Å². The fraction of sp³-hybridized carbons (Fsp3) is 0.0476. The van der Waals surface area contributed by atoms with E-state index in [9.17, 15) is 24.5 Å². The van der Waals surface area contributed by atoms with Crippen LogP contribution in [-0.4, -0.2) is 27.4 Å². The first-order valence-electron chi connectivity index (χ1n) is 8.49. The Morgan fingerprint density at radius 2 is 1.79 bits per heavy atom. The molecule has 7 nitrogen and oxygen atoms in total. The van der Waals surface area contributed by atoms with Crippen LogP contribution in [0.1, 0.15) is 21.5 Å². The molecule has 0 unspecified atom stereocenters. The van der Waals surface area contributed by atoms with Gasteiger partial charge >= 0.3 is 0 Å². The van der Waals surface area contributed by atoms with Crippen LogP contribution < -0.4 is 10.2 Å². The summed E-state index contributed by atoms with van der Waals surface area (Å²) < 4.78 is 18.5. The topological polar surface area (TPSA) is 111 Å². The Kier molecular flexibility index (Phi) is 5.94. The molecule has 0 aromatic heterocycles. The van der Waals surface area contributed by atoms with Gasteiger partial charge in [0.05, 0.1) is 6.21 Å². The number of phenols is 3. The van der Waals surface area contributed by atoms with E-state index < -0.39 is 29.0 Å². The minimum absolute atomic E-state index is 0.0496. The lowest BCUT2D eigenvalue weighted by Gasteiger charge is -2.12. The van der Waals surface area contributed by atoms with Gasteiger partial charge in [-0.3, -0.25) is 4.79 Å². The van der Waals surface area contributed by atoms with Crippen LogP contribution in [-0.2, 0) is 6.61 Å². The summed E-state index contributed by atoms with van der Waals surface area (Å²) in [6, 6.07) is 15.1. The number of halogens is 1. The standard InChI is InChI=1S/C21H17FN2O5/c22-16-8-4-5-13(9-16)12-29-20-17(25)10-15(18(26)19(20)27)11-23-24-21(28)14-6-2-1-3-7-14/h1-11,25-27H,12H2,(H,24,28)/b23-11+. The number of ether oxygens (including phenoxy) is 1. The van der Waals surface area contributed by atoms with Crippen molar-refractivity contribution in [2.75, 3.05) is 0 Å². The Morgan fingerprint density at radius 1 is 1.03 bits per heavy atom. The lowest BCUT2D eigenvalue weighted by Crippen LogP contribution is -2.17. The zero-order valence-corrected chi connectivity index (χ0v) is 15.0. The van der Waals surface area contributed by atoms with E-state index in [4.69, 9.17) is 4.74 Å². The predicted molar refractivity (Wildman–Crippen MR) is 104 cm³/mol. The molecule has 0 saturated heterocycles. The van der Waals surface area contributed by atoms with Crippen molar-refractivity contribution >= 4 is 12.1 Å². The zero-order chi connectivity index (χ0) is 20.8. The average Bonchev–Trinajstić information content (AvgIpc) is 2.72. The Hall–Kier alpha value is -4.07. The number of benzene rings is 3. The van der Waals surface area contributed by atoms with E-state index in [0.29, 0.717) is 11.1 Å². The van der Waals surface area contributed by atoms with E-state index in [2.05, 4.69) is 10.5 Å². The van der Waals surface area contributed by atoms with Gasteiger partial charge in [-0.2, -0.15) is 5.10 Å². The Morgan fingerprint density at radius 3 is 2.52 bits per heavy atom. The van der Waals surface area contributed by atoms with E-state index in [0.717, 1.165) is 12.3 Å². The number of carbonyl (C=O) groups is 1. The van der Waals surface area contributed by atoms with E-state index in [1.807, 2.05) is 0 Å². The summed E-state index contributed by atoms with van der Waals surface area (Å²) in [5, 5.41) is 34.0. The summed E-state index contributed by atoms with van der Waals surface area (Å²) in [7, 11) is 0. The quantitative estimate of drug-likeness (QED) is 0.221. The van der Waals surface area contributed by atoms with Crippen LogP contribution in [0, 0.1) is 5.82 Å². The molecule has 0 aliphatic rings. The second kappa shape index (κ2) is 8.75. The third-order valence-electron chi connectivity index (χ3n) is 3.92. The van der Waals surface area contributed by atoms with Crippen LogP contribution in [0.15, 0.2) is 65.8 Å². The maximum Gasteiger partial charge on any atom is 0.271 e. The van der Waals surface area contributed by atoms with Gasteiger partial charge in [-0.1, -0.05) is 30.3 Å². The molecule has 0 aliphatic heterocycles. The highest BCUT2D eigenvalue weighted by Crippen LogP contribution is 2.44. The smallest absolute Gasteiger partial charge is 0.271 e. The van der Waals surface area contributed by atoms with E-state index in [1.54, 1.807) is 36.4 Å². The zero-order valence-electron chi connectivity index (χ0n) is 15.0. The van der Waals surface area contributed by atoms with Crippen LogP contribution >= 0.6 is 0 Å². The maximum absolute atomic E-state index is 13.2. The van der Waals surface area contributed by atoms with E-state index >= 15 is 0 Å². The van der Waals surface area contributed by atoms with Crippen molar-refractivity contribution in [3.63, 3.8) is 0 Å². The lowest BCUT2D eigenvalue weighted by molar-refractivity contribution is 0.0955. The number of phenolic OH excluding ortho intramolecular Hbond substituents is 3. The largest absolute Gasteiger partial charge is 0.504 e. The molecule has 0 heterocycles. The molecule has 0 bridgehead atoms. The average molecular weight is 396 g/mol. The van der Waals surface area contributed by atoms with Gasteiger partial charge in [0.2, 0.25) is 11.5 Å². The highest BCUT2D eigenvalue weighted by atomic mass is 19.1. The lowest BCUT2D eigenvalue weighted by atomic mass is 10.1. The van der Waals surface area contributed by atoms with Gasteiger partial charge < -0.3 is 20.1 Å². The van der Waals surface area contributed by atoms with Crippen molar-refractivity contribution in [3.8, 4) is 23.0 Å². The first-order chi connectivity index (χ1) is 14.0. The molecule has 0 saturated carbocycles. The van der Waals surface area contributed by atoms with Crippen LogP contribution in [0.4, 0.5) is 4.39 Å². The molecular formula is C21H17FN2O5. The van der Waals surface area contributed by atoms with Crippen molar-refractivity contribution < 1.29 is 29.2 Å². The number of rotatable bonds is 6. The highest BCUT2D eigenvalue weighted by molar-refractivity contribution is 5.95. The number of nitrogens with zero attached hydrogens (tertiary/aromatic N) is 1. The SMILES string of the molecule is O=C(N/N=C/c1cc(O)c(OCc2cccc(F)c2)c(O)c1O)c1ccccc1. The molecule has 3 rings (SSSR count). The minimum atomic E-state index is -0.711. The van der Waals surface area contributed by atoms with Crippen molar-refractivity contribution in [3.05, 3.63) is 83.2 Å². The normalized spacial score (nSPS) is 10.8. The van der Waals surface area contributed by atoms with Gasteiger partial charge in [-0.15, -0.1) is 0 Å². The minimum Gasteiger partial charge on any atom is -0.504 e. The van der Waals surface area contributed by atoms with Crippen LogP contribution in [0.3, 0.4) is 0 Å². The molecule has 8 heteroatoms. The Bertz CT molecular complexity index is 1050. The van der Waals surface area contributed by atoms with E-state index in [-0.39, 0.29) is 17.9 Å². The molecule has 0 atom stereocenters. The summed E-state index contributed by atoms with van der Waals surface area (Å²) >= 11 is 0. The first kappa shape index (κ1) is 19.7. The number of aromatic hydroxyl groups is 3. The number of amides is 1. The van der Waals surface area contributed by atoms with Crippen LogP contribution in [0.2, 0.25) is 0 Å². The molecule has 29 heavy (non-hydrogen) atoms. The summed E-state index contributed by atoms with van der Waals surface area (Å²) in [5.41, 5.74) is 3.08. The summed E-state index contributed by atoms with van der Waals surface area (Å²) in [4.78, 5) is 11.9. The van der Waals surface area contributed by atoms with Crippen molar-refractivity contribution in [2.24, 2.45) is 5.10 Å². The molecule has 1 amide bonds. The maximum atomic E-state index is 13.2. The summed E-state index contributed by atoms with van der Waals surface area (Å²) in [6.07, 6.45) is 1.06. The predicted octanol–water partition coefficient (Wildman–Crippen LogP) is 3.29. The van der Waals surface area contributed by atoms with Crippen LogP contribution in [0.5, 0.6) is 23.0 Å². The number of carbonyl (C=O) groups excluding carboxylic acids is 1. The Labute approximate surface area is 165 Å². The Balaban J connectivity index is 1.72. The second-order valence-electron chi connectivity index (χ2n) is 6.00.